The van der Waals surface area contributed by atoms with Crippen LogP contribution in [0.15, 0.2) is 30.3 Å². The molecule has 1 fully saturated rings. The maximum absolute atomic E-state index is 12.9. The normalized spacial score (nSPS) is 24.4. The Bertz CT molecular complexity index is 501. The largest absolute Gasteiger partial charge is 0.340 e. The van der Waals surface area contributed by atoms with Gasteiger partial charge < -0.3 is 10.2 Å². The van der Waals surface area contributed by atoms with E-state index in [9.17, 15) is 9.59 Å². The summed E-state index contributed by atoms with van der Waals surface area (Å²) in [6.07, 6.45) is 1.39. The number of carbonyl (C=O) groups excluding carboxylic acids is 2. The Balaban J connectivity index is 2.28. The van der Waals surface area contributed by atoms with Crippen LogP contribution in [0.4, 0.5) is 0 Å². The zero-order valence-electron chi connectivity index (χ0n) is 13.0. The third-order valence-electron chi connectivity index (χ3n) is 4.19. The molecule has 2 amide bonds. The first-order chi connectivity index (χ1) is 10.0. The molecular formula is C17H24N2O2. The van der Waals surface area contributed by atoms with Gasteiger partial charge in [-0.15, -0.1) is 0 Å². The Hall–Kier alpha value is -1.84. The highest BCUT2D eigenvalue weighted by Gasteiger charge is 2.35. The number of benzene rings is 1. The molecule has 21 heavy (non-hydrogen) atoms. The molecule has 0 aromatic heterocycles. The van der Waals surface area contributed by atoms with Crippen molar-refractivity contribution in [3.05, 3.63) is 35.9 Å². The van der Waals surface area contributed by atoms with Crippen molar-refractivity contribution in [1.82, 2.24) is 10.2 Å². The number of hydrogen-bond donors (Lipinski definition) is 1. The van der Waals surface area contributed by atoms with Crippen LogP contribution in [0.5, 0.6) is 0 Å². The molecule has 1 aromatic rings. The van der Waals surface area contributed by atoms with Gasteiger partial charge in [-0.05, 0) is 18.4 Å². The maximum Gasteiger partial charge on any atom is 0.250 e. The fourth-order valence-corrected chi connectivity index (χ4v) is 2.65. The summed E-state index contributed by atoms with van der Waals surface area (Å²) in [5.41, 5.74) is 0.846. The number of hydrogen-bond acceptors (Lipinski definition) is 2. The first-order valence-corrected chi connectivity index (χ1v) is 7.67. The number of amides is 2. The van der Waals surface area contributed by atoms with Gasteiger partial charge in [-0.1, -0.05) is 50.6 Å². The molecular weight excluding hydrogens is 264 g/mol. The molecule has 2 rings (SSSR count). The van der Waals surface area contributed by atoms with Crippen molar-refractivity contribution < 1.29 is 9.59 Å². The molecule has 0 bridgehead atoms. The van der Waals surface area contributed by atoms with Crippen LogP contribution >= 0.6 is 0 Å². The molecule has 0 radical (unpaired) electrons. The van der Waals surface area contributed by atoms with Crippen molar-refractivity contribution in [2.75, 3.05) is 6.54 Å². The van der Waals surface area contributed by atoms with Crippen LogP contribution in [-0.2, 0) is 9.59 Å². The summed E-state index contributed by atoms with van der Waals surface area (Å²) in [4.78, 5) is 26.8. The summed E-state index contributed by atoms with van der Waals surface area (Å²) < 4.78 is 0. The first-order valence-electron chi connectivity index (χ1n) is 7.67. The highest BCUT2D eigenvalue weighted by atomic mass is 16.2. The molecule has 0 spiro atoms. The smallest absolute Gasteiger partial charge is 0.250 e. The van der Waals surface area contributed by atoms with Gasteiger partial charge in [0.25, 0.3) is 0 Å². The van der Waals surface area contributed by atoms with Crippen molar-refractivity contribution in [3.63, 3.8) is 0 Å². The Labute approximate surface area is 126 Å². The average molecular weight is 288 g/mol. The average Bonchev–Trinajstić information content (AvgIpc) is 2.59. The van der Waals surface area contributed by atoms with Gasteiger partial charge in [-0.25, -0.2) is 0 Å². The van der Waals surface area contributed by atoms with E-state index in [0.29, 0.717) is 18.9 Å². The van der Waals surface area contributed by atoms with Crippen LogP contribution in [0.1, 0.15) is 45.2 Å². The van der Waals surface area contributed by atoms with E-state index in [-0.39, 0.29) is 17.9 Å². The lowest BCUT2D eigenvalue weighted by Crippen LogP contribution is -2.43. The molecule has 1 aliphatic heterocycles. The number of rotatable bonds is 4. The lowest BCUT2D eigenvalue weighted by molar-refractivity contribution is -0.135. The van der Waals surface area contributed by atoms with Crippen molar-refractivity contribution in [2.45, 2.75) is 45.7 Å². The van der Waals surface area contributed by atoms with Gasteiger partial charge in [0.05, 0.1) is 0 Å². The topological polar surface area (TPSA) is 49.4 Å². The first kappa shape index (κ1) is 15.5. The molecule has 4 heteroatoms. The second kappa shape index (κ2) is 6.74. The molecule has 0 saturated carbocycles. The Morgan fingerprint density at radius 1 is 1.29 bits per heavy atom. The monoisotopic (exact) mass is 288 g/mol. The minimum Gasteiger partial charge on any atom is -0.340 e. The SMILES string of the molecule is CCC(C)CN1C(=O)C(c2ccccc2)NC(=O)CC1C. The summed E-state index contributed by atoms with van der Waals surface area (Å²) in [7, 11) is 0. The van der Waals surface area contributed by atoms with Crippen molar-refractivity contribution in [1.29, 1.82) is 0 Å². The quantitative estimate of drug-likeness (QED) is 0.925. The van der Waals surface area contributed by atoms with Gasteiger partial charge >= 0.3 is 0 Å². The number of nitrogens with one attached hydrogen (secondary N) is 1. The zero-order valence-corrected chi connectivity index (χ0v) is 13.0. The number of nitrogens with zero attached hydrogens (tertiary/aromatic N) is 1. The van der Waals surface area contributed by atoms with E-state index >= 15 is 0 Å². The Morgan fingerprint density at radius 3 is 2.57 bits per heavy atom. The van der Waals surface area contributed by atoms with Gasteiger partial charge in [0.15, 0.2) is 0 Å². The minimum atomic E-state index is -0.562. The van der Waals surface area contributed by atoms with Gasteiger partial charge in [0.2, 0.25) is 11.8 Å². The van der Waals surface area contributed by atoms with Gasteiger partial charge in [-0.2, -0.15) is 0 Å². The molecule has 1 N–H and O–H groups in total. The lowest BCUT2D eigenvalue weighted by Gasteiger charge is -2.31. The van der Waals surface area contributed by atoms with Crippen molar-refractivity contribution in [3.8, 4) is 0 Å². The highest BCUT2D eigenvalue weighted by molar-refractivity contribution is 5.91. The molecule has 1 aliphatic rings. The molecule has 0 aliphatic carbocycles. The standard InChI is InChI=1S/C17H24N2O2/c1-4-12(2)11-19-13(3)10-15(20)18-16(17(19)21)14-8-6-5-7-9-14/h5-9,12-13,16H,4,10-11H2,1-3H3,(H,18,20). The van der Waals surface area contributed by atoms with E-state index in [0.717, 1.165) is 12.0 Å². The molecule has 4 nitrogen and oxygen atoms in total. The molecule has 1 aromatic carbocycles. The van der Waals surface area contributed by atoms with Gasteiger partial charge in [-0.3, -0.25) is 9.59 Å². The summed E-state index contributed by atoms with van der Waals surface area (Å²) in [5.74, 6) is 0.372. The van der Waals surface area contributed by atoms with Crippen LogP contribution in [0.2, 0.25) is 0 Å². The highest BCUT2D eigenvalue weighted by Crippen LogP contribution is 2.23. The third-order valence-corrected chi connectivity index (χ3v) is 4.19. The van der Waals surface area contributed by atoms with E-state index < -0.39 is 6.04 Å². The summed E-state index contributed by atoms with van der Waals surface area (Å²) in [5, 5.41) is 2.87. The van der Waals surface area contributed by atoms with E-state index in [1.165, 1.54) is 0 Å². The van der Waals surface area contributed by atoms with E-state index in [1.807, 2.05) is 42.2 Å². The van der Waals surface area contributed by atoms with E-state index in [2.05, 4.69) is 19.2 Å². The fraction of sp³-hybridized carbons (Fsp3) is 0.529. The molecule has 3 unspecified atom stereocenters. The predicted octanol–water partition coefficient (Wildman–Crippen LogP) is 2.51. The molecule has 1 heterocycles. The zero-order chi connectivity index (χ0) is 15.4. The van der Waals surface area contributed by atoms with Gasteiger partial charge in [0.1, 0.15) is 6.04 Å². The lowest BCUT2D eigenvalue weighted by atomic mass is 10.0. The van der Waals surface area contributed by atoms with Crippen LogP contribution in [-0.4, -0.2) is 29.3 Å². The van der Waals surface area contributed by atoms with Crippen molar-refractivity contribution >= 4 is 11.8 Å². The number of carbonyl (C=O) groups is 2. The Kier molecular flexibility index (Phi) is 4.99. The van der Waals surface area contributed by atoms with E-state index in [1.54, 1.807) is 0 Å². The summed E-state index contributed by atoms with van der Waals surface area (Å²) >= 11 is 0. The van der Waals surface area contributed by atoms with Crippen LogP contribution in [0.3, 0.4) is 0 Å². The second-order valence-corrected chi connectivity index (χ2v) is 5.97. The minimum absolute atomic E-state index is 0.000139. The van der Waals surface area contributed by atoms with Crippen LogP contribution < -0.4 is 5.32 Å². The third kappa shape index (κ3) is 3.63. The van der Waals surface area contributed by atoms with E-state index in [4.69, 9.17) is 0 Å². The maximum atomic E-state index is 12.9. The van der Waals surface area contributed by atoms with Gasteiger partial charge in [0, 0.05) is 19.0 Å². The second-order valence-electron chi connectivity index (χ2n) is 5.97. The van der Waals surface area contributed by atoms with Crippen LogP contribution in [0, 0.1) is 5.92 Å². The predicted molar refractivity (Wildman–Crippen MR) is 82.6 cm³/mol. The van der Waals surface area contributed by atoms with Crippen molar-refractivity contribution in [2.24, 2.45) is 5.92 Å². The Morgan fingerprint density at radius 2 is 1.95 bits per heavy atom. The fourth-order valence-electron chi connectivity index (χ4n) is 2.65. The molecule has 3 atom stereocenters. The summed E-state index contributed by atoms with van der Waals surface area (Å²) in [6.45, 7) is 6.91. The summed E-state index contributed by atoms with van der Waals surface area (Å²) in [6, 6.07) is 8.85. The van der Waals surface area contributed by atoms with Crippen LogP contribution in [0.25, 0.3) is 0 Å². The molecule has 1 saturated heterocycles. The molecule has 114 valence electrons.